The first-order chi connectivity index (χ1) is 9.99. The number of carboxylic acids is 1. The van der Waals surface area contributed by atoms with E-state index < -0.39 is 5.97 Å². The summed E-state index contributed by atoms with van der Waals surface area (Å²) in [7, 11) is 0. The molecule has 21 heavy (non-hydrogen) atoms. The maximum absolute atomic E-state index is 12.6. The zero-order chi connectivity index (χ0) is 15.4. The topological polar surface area (TPSA) is 77.8 Å². The van der Waals surface area contributed by atoms with Crippen LogP contribution in [0.2, 0.25) is 0 Å². The molecule has 0 spiro atoms. The molecule has 5 nitrogen and oxygen atoms in total. The second-order valence-electron chi connectivity index (χ2n) is 5.24. The van der Waals surface area contributed by atoms with E-state index in [4.69, 9.17) is 5.11 Å². The summed E-state index contributed by atoms with van der Waals surface area (Å²) < 4.78 is 0.725. The standard InChI is InChI=1S/C15H18BrNO4/c16-10-4-6-13(18)12(9-10)15(21)17-8-2-1-3-11(17)5-7-14(19)20/h4,6,9,11,18H,1-3,5,7-8H2,(H,19,20). The second kappa shape index (κ2) is 6.93. The predicted octanol–water partition coefficient (Wildman–Crippen LogP) is 3.01. The third kappa shape index (κ3) is 3.97. The Kier molecular flexibility index (Phi) is 5.22. The summed E-state index contributed by atoms with van der Waals surface area (Å²) in [4.78, 5) is 25.1. The number of rotatable bonds is 4. The predicted molar refractivity (Wildman–Crippen MR) is 81.4 cm³/mol. The molecule has 2 N–H and O–H groups in total. The Labute approximate surface area is 131 Å². The number of carbonyl (C=O) groups is 2. The molecule has 114 valence electrons. The fourth-order valence-electron chi connectivity index (χ4n) is 2.69. The second-order valence-corrected chi connectivity index (χ2v) is 6.16. The van der Waals surface area contributed by atoms with Crippen molar-refractivity contribution >= 4 is 27.8 Å². The van der Waals surface area contributed by atoms with Gasteiger partial charge in [0.2, 0.25) is 0 Å². The molecule has 1 saturated heterocycles. The zero-order valence-electron chi connectivity index (χ0n) is 11.6. The van der Waals surface area contributed by atoms with Gasteiger partial charge in [-0.15, -0.1) is 0 Å². The van der Waals surface area contributed by atoms with Crippen LogP contribution >= 0.6 is 15.9 Å². The minimum atomic E-state index is -0.849. The minimum absolute atomic E-state index is 0.0502. The number of halogens is 1. The van der Waals surface area contributed by atoms with Gasteiger partial charge in [0.15, 0.2) is 0 Å². The Morgan fingerprint density at radius 3 is 2.81 bits per heavy atom. The summed E-state index contributed by atoms with van der Waals surface area (Å²) >= 11 is 3.29. The summed E-state index contributed by atoms with van der Waals surface area (Å²) in [6.07, 6.45) is 3.23. The first kappa shape index (κ1) is 15.8. The van der Waals surface area contributed by atoms with E-state index >= 15 is 0 Å². The van der Waals surface area contributed by atoms with E-state index in [0.29, 0.717) is 13.0 Å². The lowest BCUT2D eigenvalue weighted by Crippen LogP contribution is -2.44. The van der Waals surface area contributed by atoms with Gasteiger partial charge in [-0.05, 0) is 43.9 Å². The van der Waals surface area contributed by atoms with E-state index in [1.807, 2.05) is 0 Å². The number of hydrogen-bond acceptors (Lipinski definition) is 3. The van der Waals surface area contributed by atoms with Gasteiger partial charge in [-0.2, -0.15) is 0 Å². The van der Waals surface area contributed by atoms with Crippen molar-refractivity contribution in [3.8, 4) is 5.75 Å². The van der Waals surface area contributed by atoms with Crippen molar-refractivity contribution in [3.05, 3.63) is 28.2 Å². The van der Waals surface area contributed by atoms with E-state index in [1.165, 1.54) is 6.07 Å². The van der Waals surface area contributed by atoms with Crippen LogP contribution in [0.5, 0.6) is 5.75 Å². The molecule has 1 amide bonds. The summed E-state index contributed by atoms with van der Waals surface area (Å²) in [5, 5.41) is 18.7. The smallest absolute Gasteiger partial charge is 0.303 e. The van der Waals surface area contributed by atoms with Crippen molar-refractivity contribution < 1.29 is 19.8 Å². The molecule has 1 aromatic rings. The van der Waals surface area contributed by atoms with Gasteiger partial charge >= 0.3 is 5.97 Å². The molecule has 2 rings (SSSR count). The van der Waals surface area contributed by atoms with Gasteiger partial charge in [0, 0.05) is 23.5 Å². The van der Waals surface area contributed by atoms with Crippen molar-refractivity contribution in [2.45, 2.75) is 38.1 Å². The summed E-state index contributed by atoms with van der Waals surface area (Å²) in [5.41, 5.74) is 0.256. The number of aliphatic carboxylic acids is 1. The molecule has 1 atom stereocenters. The van der Waals surface area contributed by atoms with Crippen molar-refractivity contribution in [1.82, 2.24) is 4.90 Å². The van der Waals surface area contributed by atoms with Crippen LogP contribution in [0, 0.1) is 0 Å². The van der Waals surface area contributed by atoms with Crippen molar-refractivity contribution in [2.75, 3.05) is 6.54 Å². The van der Waals surface area contributed by atoms with Gasteiger partial charge in [0.25, 0.3) is 5.91 Å². The van der Waals surface area contributed by atoms with E-state index in [2.05, 4.69) is 15.9 Å². The molecule has 0 saturated carbocycles. The minimum Gasteiger partial charge on any atom is -0.507 e. The van der Waals surface area contributed by atoms with Crippen LogP contribution in [0.25, 0.3) is 0 Å². The Morgan fingerprint density at radius 2 is 2.10 bits per heavy atom. The van der Waals surface area contributed by atoms with Gasteiger partial charge in [-0.25, -0.2) is 0 Å². The van der Waals surface area contributed by atoms with E-state index in [1.54, 1.807) is 17.0 Å². The van der Waals surface area contributed by atoms with Crippen LogP contribution in [-0.2, 0) is 4.79 Å². The fraction of sp³-hybridized carbons (Fsp3) is 0.467. The highest BCUT2D eigenvalue weighted by molar-refractivity contribution is 9.10. The van der Waals surface area contributed by atoms with Crippen molar-refractivity contribution in [1.29, 1.82) is 0 Å². The highest BCUT2D eigenvalue weighted by Crippen LogP contribution is 2.28. The first-order valence-corrected chi connectivity index (χ1v) is 7.79. The number of phenolic OH excluding ortho intramolecular Hbond substituents is 1. The molecule has 1 aromatic carbocycles. The summed E-state index contributed by atoms with van der Waals surface area (Å²) in [6.45, 7) is 0.606. The quantitative estimate of drug-likeness (QED) is 0.869. The van der Waals surface area contributed by atoms with Gasteiger partial charge in [0.05, 0.1) is 5.56 Å². The number of carbonyl (C=O) groups excluding carboxylic acids is 1. The van der Waals surface area contributed by atoms with Crippen molar-refractivity contribution in [3.63, 3.8) is 0 Å². The van der Waals surface area contributed by atoms with Crippen LogP contribution in [0.1, 0.15) is 42.5 Å². The van der Waals surface area contributed by atoms with E-state index in [0.717, 1.165) is 23.7 Å². The number of aromatic hydroxyl groups is 1. The average molecular weight is 356 g/mol. The van der Waals surface area contributed by atoms with Gasteiger partial charge in [0.1, 0.15) is 5.75 Å². The summed E-state index contributed by atoms with van der Waals surface area (Å²) in [5.74, 6) is -1.13. The lowest BCUT2D eigenvalue weighted by atomic mass is 9.96. The first-order valence-electron chi connectivity index (χ1n) is 7.00. The molecule has 0 aromatic heterocycles. The highest BCUT2D eigenvalue weighted by Gasteiger charge is 2.29. The summed E-state index contributed by atoms with van der Waals surface area (Å²) in [6, 6.07) is 4.68. The number of amides is 1. The third-order valence-electron chi connectivity index (χ3n) is 3.77. The Balaban J connectivity index is 2.18. The third-order valence-corrected chi connectivity index (χ3v) is 4.26. The van der Waals surface area contributed by atoms with Crippen LogP contribution in [0.4, 0.5) is 0 Å². The lowest BCUT2D eigenvalue weighted by Gasteiger charge is -2.36. The Morgan fingerprint density at radius 1 is 1.33 bits per heavy atom. The molecular weight excluding hydrogens is 338 g/mol. The number of likely N-dealkylation sites (tertiary alicyclic amines) is 1. The van der Waals surface area contributed by atoms with Crippen LogP contribution in [0.15, 0.2) is 22.7 Å². The van der Waals surface area contributed by atoms with Gasteiger partial charge in [-0.3, -0.25) is 9.59 Å². The fourth-order valence-corrected chi connectivity index (χ4v) is 3.05. The van der Waals surface area contributed by atoms with E-state index in [9.17, 15) is 14.7 Å². The Bertz CT molecular complexity index is 546. The average Bonchev–Trinajstić information content (AvgIpc) is 2.47. The number of carboxylic acid groups (broad SMARTS) is 1. The number of hydrogen-bond donors (Lipinski definition) is 2. The normalized spacial score (nSPS) is 18.5. The van der Waals surface area contributed by atoms with Crippen LogP contribution in [-0.4, -0.2) is 39.6 Å². The number of nitrogens with zero attached hydrogens (tertiary/aromatic N) is 1. The largest absolute Gasteiger partial charge is 0.507 e. The molecule has 1 fully saturated rings. The number of benzene rings is 1. The molecular formula is C15H18BrNO4. The maximum atomic E-state index is 12.6. The molecule has 6 heteroatoms. The SMILES string of the molecule is O=C(O)CCC1CCCCN1C(=O)c1cc(Br)ccc1O. The van der Waals surface area contributed by atoms with Crippen LogP contribution < -0.4 is 0 Å². The Hall–Kier alpha value is -1.56. The lowest BCUT2D eigenvalue weighted by molar-refractivity contribution is -0.137. The maximum Gasteiger partial charge on any atom is 0.303 e. The zero-order valence-corrected chi connectivity index (χ0v) is 13.2. The molecule has 1 unspecified atom stereocenters. The van der Waals surface area contributed by atoms with Gasteiger partial charge in [-0.1, -0.05) is 15.9 Å². The molecule has 0 radical (unpaired) electrons. The number of piperidine rings is 1. The number of phenols is 1. The molecule has 0 aliphatic carbocycles. The van der Waals surface area contributed by atoms with Crippen LogP contribution in [0.3, 0.4) is 0 Å². The van der Waals surface area contributed by atoms with Crippen molar-refractivity contribution in [2.24, 2.45) is 0 Å². The highest BCUT2D eigenvalue weighted by atomic mass is 79.9. The molecule has 1 aliphatic heterocycles. The monoisotopic (exact) mass is 355 g/mol. The molecule has 1 aliphatic rings. The molecule has 0 bridgehead atoms. The molecule has 1 heterocycles. The van der Waals surface area contributed by atoms with Gasteiger partial charge < -0.3 is 15.1 Å². The van der Waals surface area contributed by atoms with E-state index in [-0.39, 0.29) is 29.7 Å².